The number of rotatable bonds is 1. The molecule has 2 rings (SSSR count). The van der Waals surface area contributed by atoms with Crippen LogP contribution in [0.1, 0.15) is 12.8 Å². The largest absolute Gasteiger partial charge is 0.393 e. The predicted octanol–water partition coefficient (Wildman–Crippen LogP) is 4.29. The van der Waals surface area contributed by atoms with Gasteiger partial charge in [-0.05, 0) is 25.0 Å². The monoisotopic (exact) mass is 324 g/mol. The molecule has 0 radical (unpaired) electrons. The summed E-state index contributed by atoms with van der Waals surface area (Å²) >= 11 is 5.58. The van der Waals surface area contributed by atoms with Crippen molar-refractivity contribution in [2.75, 3.05) is 18.4 Å². The Morgan fingerprint density at radius 1 is 1.38 bits per heavy atom. The van der Waals surface area contributed by atoms with E-state index in [0.29, 0.717) is 0 Å². The zero-order valence-electron chi connectivity index (χ0n) is 10.9. The second kappa shape index (κ2) is 6.09. The summed E-state index contributed by atoms with van der Waals surface area (Å²) in [7, 11) is 0. The summed E-state index contributed by atoms with van der Waals surface area (Å²) < 4.78 is 51.7. The van der Waals surface area contributed by atoms with Crippen LogP contribution in [0.2, 0.25) is 5.02 Å². The minimum absolute atomic E-state index is 0.00118. The van der Waals surface area contributed by atoms with Crippen molar-refractivity contribution in [3.05, 3.63) is 29.0 Å². The topological polar surface area (TPSA) is 32.3 Å². The number of piperidine rings is 1. The molecule has 0 spiro atoms. The van der Waals surface area contributed by atoms with Gasteiger partial charge < -0.3 is 10.2 Å². The fraction of sp³-hybridized carbons (Fsp3) is 0.462. The maximum atomic E-state index is 13.6. The Balaban J connectivity index is 2.05. The number of carbonyl (C=O) groups is 1. The number of nitrogens with zero attached hydrogens (tertiary/aromatic N) is 1. The summed E-state index contributed by atoms with van der Waals surface area (Å²) in [4.78, 5) is 13.0. The average Bonchev–Trinajstić information content (AvgIpc) is 2.43. The molecule has 116 valence electrons. The van der Waals surface area contributed by atoms with Gasteiger partial charge in [0.2, 0.25) is 0 Å². The van der Waals surface area contributed by atoms with Crippen LogP contribution in [0.5, 0.6) is 0 Å². The first-order valence-corrected chi connectivity index (χ1v) is 6.73. The minimum Gasteiger partial charge on any atom is -0.324 e. The van der Waals surface area contributed by atoms with Gasteiger partial charge >= 0.3 is 12.2 Å². The van der Waals surface area contributed by atoms with Crippen molar-refractivity contribution in [2.45, 2.75) is 19.0 Å². The van der Waals surface area contributed by atoms with E-state index in [9.17, 15) is 22.4 Å². The predicted molar refractivity (Wildman–Crippen MR) is 70.8 cm³/mol. The maximum Gasteiger partial charge on any atom is 0.393 e. The second-order valence-corrected chi connectivity index (χ2v) is 5.27. The number of carbonyl (C=O) groups excluding carboxylic acids is 1. The summed E-state index contributed by atoms with van der Waals surface area (Å²) in [6, 6.07) is 3.29. The molecule has 0 aromatic heterocycles. The number of anilines is 1. The third kappa shape index (κ3) is 3.78. The number of amides is 2. The molecule has 21 heavy (non-hydrogen) atoms. The van der Waals surface area contributed by atoms with Crippen molar-refractivity contribution in [3.8, 4) is 0 Å². The lowest BCUT2D eigenvalue weighted by molar-refractivity contribution is -0.183. The van der Waals surface area contributed by atoms with Crippen LogP contribution in [0.25, 0.3) is 0 Å². The van der Waals surface area contributed by atoms with E-state index in [4.69, 9.17) is 11.6 Å². The second-order valence-electron chi connectivity index (χ2n) is 4.86. The lowest BCUT2D eigenvalue weighted by Gasteiger charge is -2.33. The van der Waals surface area contributed by atoms with Gasteiger partial charge in [-0.3, -0.25) is 0 Å². The van der Waals surface area contributed by atoms with Gasteiger partial charge in [-0.25, -0.2) is 9.18 Å². The summed E-state index contributed by atoms with van der Waals surface area (Å²) in [5.74, 6) is -2.35. The SMILES string of the molecule is O=C(Nc1cccc(Cl)c1F)N1CCC[C@H](C(F)(F)F)C1. The highest BCUT2D eigenvalue weighted by molar-refractivity contribution is 6.31. The molecule has 1 saturated heterocycles. The van der Waals surface area contributed by atoms with Crippen molar-refractivity contribution in [1.29, 1.82) is 0 Å². The molecule has 0 unspecified atom stereocenters. The molecule has 1 aromatic carbocycles. The third-order valence-electron chi connectivity index (χ3n) is 3.36. The minimum atomic E-state index is -4.33. The highest BCUT2D eigenvalue weighted by Gasteiger charge is 2.42. The number of alkyl halides is 3. The Labute approximate surface area is 123 Å². The quantitative estimate of drug-likeness (QED) is 0.768. The summed E-state index contributed by atoms with van der Waals surface area (Å²) in [6.45, 7) is -0.210. The molecule has 1 aliphatic rings. The molecule has 1 N–H and O–H groups in total. The number of nitrogens with one attached hydrogen (secondary N) is 1. The molecule has 2 amide bonds. The van der Waals surface area contributed by atoms with Crippen molar-refractivity contribution >= 4 is 23.3 Å². The van der Waals surface area contributed by atoms with E-state index in [1.807, 2.05) is 0 Å². The smallest absolute Gasteiger partial charge is 0.324 e. The van der Waals surface area contributed by atoms with Gasteiger partial charge in [0.25, 0.3) is 0 Å². The fourth-order valence-electron chi connectivity index (χ4n) is 2.22. The molecule has 1 aliphatic heterocycles. The summed E-state index contributed by atoms with van der Waals surface area (Å²) in [6.07, 6.45) is -4.07. The zero-order chi connectivity index (χ0) is 15.6. The Bertz CT molecular complexity index is 535. The van der Waals surface area contributed by atoms with Crippen LogP contribution in [0, 0.1) is 11.7 Å². The molecule has 1 fully saturated rings. The first-order chi connectivity index (χ1) is 9.79. The van der Waals surface area contributed by atoms with Gasteiger partial charge in [-0.15, -0.1) is 0 Å². The van der Waals surface area contributed by atoms with Crippen LogP contribution in [-0.2, 0) is 0 Å². The standard InChI is InChI=1S/C13H13ClF4N2O/c14-9-4-1-5-10(11(9)15)19-12(21)20-6-2-3-8(7-20)13(16,17)18/h1,4-5,8H,2-3,6-7H2,(H,19,21)/t8-/m0/s1. The van der Waals surface area contributed by atoms with E-state index in [1.165, 1.54) is 18.2 Å². The highest BCUT2D eigenvalue weighted by atomic mass is 35.5. The van der Waals surface area contributed by atoms with Gasteiger partial charge in [-0.2, -0.15) is 13.2 Å². The first kappa shape index (κ1) is 15.9. The van der Waals surface area contributed by atoms with Crippen molar-refractivity contribution in [3.63, 3.8) is 0 Å². The molecule has 0 bridgehead atoms. The molecular formula is C13H13ClF4N2O. The lowest BCUT2D eigenvalue weighted by atomic mass is 9.98. The zero-order valence-corrected chi connectivity index (χ0v) is 11.6. The molecule has 1 aromatic rings. The van der Waals surface area contributed by atoms with Gasteiger partial charge in [0.05, 0.1) is 16.6 Å². The van der Waals surface area contributed by atoms with E-state index in [-0.39, 0.29) is 30.1 Å². The van der Waals surface area contributed by atoms with Crippen LogP contribution in [0.4, 0.5) is 28.0 Å². The van der Waals surface area contributed by atoms with E-state index in [1.54, 1.807) is 0 Å². The Kier molecular flexibility index (Phi) is 4.61. The maximum absolute atomic E-state index is 13.6. The highest BCUT2D eigenvalue weighted by Crippen LogP contribution is 2.33. The first-order valence-electron chi connectivity index (χ1n) is 6.35. The molecule has 0 aliphatic carbocycles. The van der Waals surface area contributed by atoms with Crippen molar-refractivity contribution < 1.29 is 22.4 Å². The third-order valence-corrected chi connectivity index (χ3v) is 3.66. The summed E-state index contributed by atoms with van der Waals surface area (Å²) in [5, 5.41) is 2.09. The van der Waals surface area contributed by atoms with Gasteiger partial charge in [-0.1, -0.05) is 17.7 Å². The average molecular weight is 325 g/mol. The summed E-state index contributed by atoms with van der Waals surface area (Å²) in [5.41, 5.74) is -0.151. The number of hydrogen-bond donors (Lipinski definition) is 1. The Morgan fingerprint density at radius 2 is 2.10 bits per heavy atom. The van der Waals surface area contributed by atoms with Crippen LogP contribution in [-0.4, -0.2) is 30.2 Å². The van der Waals surface area contributed by atoms with Crippen LogP contribution < -0.4 is 5.32 Å². The number of benzene rings is 1. The number of likely N-dealkylation sites (tertiary alicyclic amines) is 1. The van der Waals surface area contributed by atoms with E-state index in [2.05, 4.69) is 5.32 Å². The molecule has 0 saturated carbocycles. The molecule has 1 atom stereocenters. The molecule has 3 nitrogen and oxygen atoms in total. The van der Waals surface area contributed by atoms with Crippen LogP contribution in [0.3, 0.4) is 0 Å². The Hall–Kier alpha value is -1.50. The number of hydrogen-bond acceptors (Lipinski definition) is 1. The van der Waals surface area contributed by atoms with Gasteiger partial charge in [0, 0.05) is 13.1 Å². The Morgan fingerprint density at radius 3 is 2.76 bits per heavy atom. The fourth-order valence-corrected chi connectivity index (χ4v) is 2.40. The van der Waals surface area contributed by atoms with Gasteiger partial charge in [0.1, 0.15) is 0 Å². The number of urea groups is 1. The van der Waals surface area contributed by atoms with Crippen molar-refractivity contribution in [1.82, 2.24) is 4.90 Å². The normalized spacial score (nSPS) is 19.5. The van der Waals surface area contributed by atoms with Crippen molar-refractivity contribution in [2.24, 2.45) is 5.92 Å². The molecule has 1 heterocycles. The van der Waals surface area contributed by atoms with E-state index >= 15 is 0 Å². The van der Waals surface area contributed by atoms with Crippen LogP contribution in [0.15, 0.2) is 18.2 Å². The van der Waals surface area contributed by atoms with E-state index in [0.717, 1.165) is 4.90 Å². The lowest BCUT2D eigenvalue weighted by Crippen LogP contribution is -2.46. The van der Waals surface area contributed by atoms with E-state index < -0.39 is 30.5 Å². The van der Waals surface area contributed by atoms with Crippen LogP contribution >= 0.6 is 11.6 Å². The number of halogens is 5. The molecular weight excluding hydrogens is 312 g/mol. The molecule has 8 heteroatoms. The van der Waals surface area contributed by atoms with Gasteiger partial charge in [0.15, 0.2) is 5.82 Å².